The predicted octanol–water partition coefficient (Wildman–Crippen LogP) is 33.1. The second kappa shape index (κ2) is 30.2. The number of hydrogen-bond donors (Lipinski definition) is 1. The van der Waals surface area contributed by atoms with E-state index in [4.69, 9.17) is 8.83 Å². The van der Waals surface area contributed by atoms with E-state index in [1.165, 1.54) is 134 Å². The summed E-state index contributed by atoms with van der Waals surface area (Å²) in [4.78, 5) is 2.52. The van der Waals surface area contributed by atoms with Gasteiger partial charge in [-0.2, -0.15) is 21.6 Å². The summed E-state index contributed by atoms with van der Waals surface area (Å²) in [6.45, 7) is 18.8. The molecule has 26 rings (SSSR count). The molecule has 1 N–H and O–H groups in total. The molecule has 0 atom stereocenters. The lowest BCUT2D eigenvalue weighted by atomic mass is 9.82. The van der Waals surface area contributed by atoms with Crippen LogP contribution in [-0.4, -0.2) is 23.1 Å². The standard InChI is InChI=1S/C60H44N2O.C31H18F3NO4S.C30H27N/c1-59(2)48-22-12-9-20-44(48)57-49(59)23-14-25-53(57)62(40-30-31-42-41-18-8-11-21-47(41)60(3,4)50(42)36-40)54-26-15-27-56-58(54)46-35-38(29-33-55(46)63-56)37-28-32-52-45(34-37)43-19-10-13-24-51(43)61(52)39-16-6-5-7-17-39;32-31(33,34)40(36,37)39-29-12-6-11-28-30(29)24-18-20(14-16-27(24)38-28)19-13-15-26-23(17-19)22-9-4-5-10-25(22)35(26)21-7-2-1-3-8-21;1-29(2)24-13-8-6-11-22(24)28-25(29)14-9-15-27(28)31-19-16-17-21-20-10-5-7-12-23(20)30(3,4)26(21)18-19/h5-36H,1-4H3;1-18H;5-18,31H,1-4H3. The van der Waals surface area contributed by atoms with Crippen LogP contribution in [0.1, 0.15) is 99.9 Å². The van der Waals surface area contributed by atoms with Gasteiger partial charge in [0.1, 0.15) is 22.3 Å². The van der Waals surface area contributed by atoms with Crippen LogP contribution in [0.2, 0.25) is 0 Å². The first-order valence-corrected chi connectivity index (χ1v) is 46.9. The molecule has 0 amide bonds. The molecule has 18 aromatic carbocycles. The summed E-state index contributed by atoms with van der Waals surface area (Å²) < 4.78 is 84.4. The maximum atomic E-state index is 13.1. The molecule has 9 nitrogen and oxygen atoms in total. The Hall–Kier alpha value is -15.7. The smallest absolute Gasteiger partial charge is 0.456 e. The Balaban J connectivity index is 0.000000119. The van der Waals surface area contributed by atoms with Crippen molar-refractivity contribution in [3.63, 3.8) is 0 Å². The summed E-state index contributed by atoms with van der Waals surface area (Å²) in [6, 6.07) is 136. The Morgan fingerprint density at radius 3 is 1.24 bits per heavy atom. The number of nitrogens with one attached hydrogen (secondary N) is 1. The van der Waals surface area contributed by atoms with Gasteiger partial charge in [0, 0.05) is 93.5 Å². The highest BCUT2D eigenvalue weighted by molar-refractivity contribution is 7.88. The molecule has 0 bridgehead atoms. The minimum absolute atomic E-state index is 0.0108. The first kappa shape index (κ1) is 81.5. The number of hydrogen-bond acceptors (Lipinski definition) is 7. The molecule has 4 aliphatic carbocycles. The average molecular weight is 1770 g/mol. The number of halogens is 3. The van der Waals surface area contributed by atoms with E-state index in [0.717, 1.165) is 94.6 Å². The van der Waals surface area contributed by atoms with Gasteiger partial charge < -0.3 is 32.4 Å². The fourth-order valence-corrected chi connectivity index (χ4v) is 22.8. The van der Waals surface area contributed by atoms with Crippen molar-refractivity contribution >= 4 is 126 Å². The number of anilines is 5. The molecule has 0 spiro atoms. The number of para-hydroxylation sites is 4. The zero-order chi connectivity index (χ0) is 91.2. The Labute approximate surface area is 774 Å². The third kappa shape index (κ3) is 12.6. The van der Waals surface area contributed by atoms with Gasteiger partial charge in [-0.25, -0.2) is 0 Å². The molecular weight excluding hydrogens is 1680 g/mol. The Morgan fingerprint density at radius 2 is 0.694 bits per heavy atom. The van der Waals surface area contributed by atoms with E-state index in [2.05, 4.69) is 388 Å². The molecule has 0 radical (unpaired) electrons. The van der Waals surface area contributed by atoms with Crippen molar-refractivity contribution < 1.29 is 34.6 Å². The highest BCUT2D eigenvalue weighted by Gasteiger charge is 2.49. The minimum Gasteiger partial charge on any atom is -0.456 e. The fraction of sp³-hybridized carbons (Fsp3) is 0.107. The molecule has 4 heterocycles. The van der Waals surface area contributed by atoms with Crippen LogP contribution in [0.25, 0.3) is 166 Å². The van der Waals surface area contributed by atoms with Crippen molar-refractivity contribution in [1.82, 2.24) is 9.13 Å². The summed E-state index contributed by atoms with van der Waals surface area (Å²) in [5.41, 5.74) is 34.5. The molecule has 4 aliphatic rings. The normalized spacial score (nSPS) is 14.2. The van der Waals surface area contributed by atoms with Crippen molar-refractivity contribution in [2.24, 2.45) is 0 Å². The number of aromatic nitrogens is 2. The van der Waals surface area contributed by atoms with Gasteiger partial charge in [-0.3, -0.25) is 0 Å². The molecule has 650 valence electrons. The Kier molecular flexibility index (Phi) is 18.4. The van der Waals surface area contributed by atoms with Crippen molar-refractivity contribution in [2.75, 3.05) is 10.2 Å². The van der Waals surface area contributed by atoms with Crippen LogP contribution in [-0.2, 0) is 31.8 Å². The predicted molar refractivity (Wildman–Crippen MR) is 544 cm³/mol. The highest BCUT2D eigenvalue weighted by Crippen LogP contribution is 2.59. The molecule has 0 saturated carbocycles. The molecule has 13 heteroatoms. The molecule has 22 aromatic rings. The van der Waals surface area contributed by atoms with Crippen LogP contribution in [0.15, 0.2) is 397 Å². The summed E-state index contributed by atoms with van der Waals surface area (Å²) in [6.07, 6.45) is 0. The number of furan rings is 2. The maximum Gasteiger partial charge on any atom is 0.534 e. The van der Waals surface area contributed by atoms with E-state index in [-0.39, 0.29) is 32.6 Å². The van der Waals surface area contributed by atoms with Crippen molar-refractivity contribution in [2.45, 2.75) is 82.6 Å². The van der Waals surface area contributed by atoms with Crippen molar-refractivity contribution in [3.8, 4) is 83.9 Å². The zero-order valence-corrected chi connectivity index (χ0v) is 75.7. The van der Waals surface area contributed by atoms with E-state index in [1.807, 2.05) is 48.5 Å². The van der Waals surface area contributed by atoms with Crippen LogP contribution in [0.3, 0.4) is 0 Å². The number of alkyl halides is 3. The average Bonchev–Trinajstić information content (AvgIpc) is 1.54. The minimum atomic E-state index is -5.86. The van der Waals surface area contributed by atoms with Gasteiger partial charge in [-0.15, -0.1) is 0 Å². The Bertz CT molecular complexity index is 8790. The number of benzene rings is 18. The Morgan fingerprint density at radius 1 is 0.306 bits per heavy atom. The number of rotatable bonds is 11. The molecule has 0 aliphatic heterocycles. The molecular formula is C121H89F3N4O5S. The van der Waals surface area contributed by atoms with E-state index >= 15 is 0 Å². The van der Waals surface area contributed by atoms with Crippen LogP contribution in [0.4, 0.5) is 41.6 Å². The first-order chi connectivity index (χ1) is 64.9. The molecule has 0 fully saturated rings. The van der Waals surface area contributed by atoms with Crippen LogP contribution in [0, 0.1) is 0 Å². The van der Waals surface area contributed by atoms with Crippen molar-refractivity contribution in [3.05, 3.63) is 433 Å². The van der Waals surface area contributed by atoms with Gasteiger partial charge in [-0.1, -0.05) is 298 Å². The van der Waals surface area contributed by atoms with Crippen LogP contribution < -0.4 is 14.4 Å². The van der Waals surface area contributed by atoms with E-state index in [0.29, 0.717) is 11.0 Å². The molecule has 0 unspecified atom stereocenters. The number of nitrogens with zero attached hydrogens (tertiary/aromatic N) is 3. The third-order valence-electron chi connectivity index (χ3n) is 28.8. The first-order valence-electron chi connectivity index (χ1n) is 45.5. The monoisotopic (exact) mass is 1770 g/mol. The lowest BCUT2D eigenvalue weighted by Gasteiger charge is -2.31. The summed E-state index contributed by atoms with van der Waals surface area (Å²) in [5, 5.41) is 11.1. The molecule has 134 heavy (non-hydrogen) atoms. The quantitative estimate of drug-likeness (QED) is 0.102. The topological polar surface area (TPSA) is 94.8 Å². The highest BCUT2D eigenvalue weighted by atomic mass is 32.2. The van der Waals surface area contributed by atoms with E-state index < -0.39 is 21.4 Å². The fourth-order valence-electron chi connectivity index (χ4n) is 22.4. The summed E-state index contributed by atoms with van der Waals surface area (Å²) >= 11 is 0. The SMILES string of the molecule is CC1(C)c2ccccc2-c2ccc(N(c3cccc4c3-c3ccccc3C4(C)C)c3cccc4oc5ccc(-c6ccc7c(c6)c6ccccc6n7-c6ccccc6)cc5c34)cc21.CC1(C)c2ccccc2-c2ccc(Nc3cccc4c3-c3ccccc3C4(C)C)cc21.O=S(=O)(Oc1cccc2oc3ccc(-c4ccc5c(c4)c4ccccc4n5-c4ccccc4)cc3c12)C(F)(F)F. The lowest BCUT2D eigenvalue weighted by molar-refractivity contribution is -0.0499. The second-order valence-electron chi connectivity index (χ2n) is 37.8. The van der Waals surface area contributed by atoms with Crippen LogP contribution in [0.5, 0.6) is 5.75 Å². The van der Waals surface area contributed by atoms with E-state index in [1.54, 1.807) is 18.2 Å². The summed E-state index contributed by atoms with van der Waals surface area (Å²) in [5.74, 6) is -0.452. The van der Waals surface area contributed by atoms with E-state index in [9.17, 15) is 21.6 Å². The summed E-state index contributed by atoms with van der Waals surface area (Å²) in [7, 11) is -5.86. The van der Waals surface area contributed by atoms with Crippen LogP contribution >= 0.6 is 0 Å². The van der Waals surface area contributed by atoms with Gasteiger partial charge in [0.05, 0.1) is 44.2 Å². The molecule has 0 saturated heterocycles. The van der Waals surface area contributed by atoms with Gasteiger partial charge in [0.2, 0.25) is 0 Å². The largest absolute Gasteiger partial charge is 0.534 e. The third-order valence-corrected chi connectivity index (χ3v) is 29.8. The molecule has 4 aromatic heterocycles. The van der Waals surface area contributed by atoms with Gasteiger partial charge in [0.15, 0.2) is 5.75 Å². The lowest BCUT2D eigenvalue weighted by Crippen LogP contribution is -2.28. The second-order valence-corrected chi connectivity index (χ2v) is 39.3. The maximum absolute atomic E-state index is 13.1. The van der Waals surface area contributed by atoms with Gasteiger partial charge in [0.25, 0.3) is 0 Å². The van der Waals surface area contributed by atoms with Crippen molar-refractivity contribution in [1.29, 1.82) is 0 Å². The zero-order valence-electron chi connectivity index (χ0n) is 74.9. The van der Waals surface area contributed by atoms with Gasteiger partial charge in [-0.05, 0) is 246 Å². The van der Waals surface area contributed by atoms with Gasteiger partial charge >= 0.3 is 15.6 Å². The number of fused-ring (bicyclic) bond motifs is 24.